The molecule has 0 saturated carbocycles. The third-order valence-electron chi connectivity index (χ3n) is 2.67. The Morgan fingerprint density at radius 1 is 1.06 bits per heavy atom. The Kier molecular flexibility index (Phi) is 3.97. The Morgan fingerprint density at radius 3 is 2.50 bits per heavy atom. The first kappa shape index (κ1) is 13.0. The van der Waals surface area contributed by atoms with Crippen LogP contribution in [0.3, 0.4) is 0 Å². The van der Waals surface area contributed by atoms with Gasteiger partial charge in [0.05, 0.1) is 11.7 Å². The largest absolute Gasteiger partial charge is 0.376 e. The Bertz CT molecular complexity index is 557. The van der Waals surface area contributed by atoms with Gasteiger partial charge in [-0.1, -0.05) is 34.1 Å². The van der Waals surface area contributed by atoms with Gasteiger partial charge in [0.15, 0.2) is 0 Å². The fourth-order valence-corrected chi connectivity index (χ4v) is 2.11. The lowest BCUT2D eigenvalue weighted by Gasteiger charge is -2.17. The number of anilines is 1. The van der Waals surface area contributed by atoms with Crippen LogP contribution in [0, 0.1) is 11.6 Å². The van der Waals surface area contributed by atoms with E-state index in [1.807, 2.05) is 0 Å². The standard InChI is InChI=1S/C14H12BrF2N/c1-9(11-4-2-3-5-12(11)16)18-14-8-10(15)6-7-13(14)17/h2-9,18H,1H3. The first-order valence-electron chi connectivity index (χ1n) is 5.54. The molecule has 0 aliphatic heterocycles. The average Bonchev–Trinajstić information content (AvgIpc) is 2.34. The Balaban J connectivity index is 2.24. The maximum atomic E-state index is 13.6. The molecule has 0 radical (unpaired) electrons. The molecule has 0 aliphatic carbocycles. The van der Waals surface area contributed by atoms with Gasteiger partial charge >= 0.3 is 0 Å². The van der Waals surface area contributed by atoms with Crippen molar-refractivity contribution in [2.75, 3.05) is 5.32 Å². The molecule has 1 nitrogen and oxygen atoms in total. The highest BCUT2D eigenvalue weighted by Gasteiger charge is 2.12. The Morgan fingerprint density at radius 2 is 1.78 bits per heavy atom. The summed E-state index contributed by atoms with van der Waals surface area (Å²) in [4.78, 5) is 0. The van der Waals surface area contributed by atoms with E-state index in [1.165, 1.54) is 12.1 Å². The number of benzene rings is 2. The summed E-state index contributed by atoms with van der Waals surface area (Å²) in [7, 11) is 0. The minimum atomic E-state index is -0.360. The molecule has 1 unspecified atom stereocenters. The van der Waals surface area contributed by atoms with E-state index in [-0.39, 0.29) is 17.7 Å². The molecule has 1 N–H and O–H groups in total. The van der Waals surface area contributed by atoms with Crippen LogP contribution in [-0.4, -0.2) is 0 Å². The van der Waals surface area contributed by atoms with Gasteiger partial charge in [0, 0.05) is 10.0 Å². The number of halogens is 3. The van der Waals surface area contributed by atoms with Crippen molar-refractivity contribution in [3.05, 3.63) is 64.1 Å². The maximum absolute atomic E-state index is 13.6. The van der Waals surface area contributed by atoms with Gasteiger partial charge in [-0.15, -0.1) is 0 Å². The van der Waals surface area contributed by atoms with Crippen molar-refractivity contribution in [1.82, 2.24) is 0 Å². The molecule has 18 heavy (non-hydrogen) atoms. The fraction of sp³-hybridized carbons (Fsp3) is 0.143. The van der Waals surface area contributed by atoms with Gasteiger partial charge in [-0.2, -0.15) is 0 Å². The van der Waals surface area contributed by atoms with Gasteiger partial charge in [0.1, 0.15) is 11.6 Å². The zero-order chi connectivity index (χ0) is 13.1. The molecule has 0 aromatic heterocycles. The topological polar surface area (TPSA) is 12.0 Å². The minimum Gasteiger partial charge on any atom is -0.376 e. The van der Waals surface area contributed by atoms with E-state index in [2.05, 4.69) is 21.2 Å². The summed E-state index contributed by atoms with van der Waals surface area (Å²) < 4.78 is 27.9. The molecule has 1 atom stereocenters. The molecule has 0 heterocycles. The van der Waals surface area contributed by atoms with Crippen molar-refractivity contribution in [2.24, 2.45) is 0 Å². The second-order valence-electron chi connectivity index (χ2n) is 4.01. The lowest BCUT2D eigenvalue weighted by Crippen LogP contribution is -2.09. The first-order valence-corrected chi connectivity index (χ1v) is 6.33. The summed E-state index contributed by atoms with van der Waals surface area (Å²) in [6, 6.07) is 10.8. The summed E-state index contributed by atoms with van der Waals surface area (Å²) in [5, 5.41) is 2.96. The van der Waals surface area contributed by atoms with Gasteiger partial charge in [-0.25, -0.2) is 8.78 Å². The van der Waals surface area contributed by atoms with Gasteiger partial charge in [-0.05, 0) is 31.2 Å². The highest BCUT2D eigenvalue weighted by molar-refractivity contribution is 9.10. The summed E-state index contributed by atoms with van der Waals surface area (Å²) in [6.45, 7) is 1.79. The second-order valence-corrected chi connectivity index (χ2v) is 4.93. The van der Waals surface area contributed by atoms with Gasteiger partial charge in [0.2, 0.25) is 0 Å². The van der Waals surface area contributed by atoms with E-state index >= 15 is 0 Å². The van der Waals surface area contributed by atoms with Crippen LogP contribution in [0.25, 0.3) is 0 Å². The minimum absolute atomic E-state index is 0.298. The van der Waals surface area contributed by atoms with Crippen molar-refractivity contribution in [3.63, 3.8) is 0 Å². The third kappa shape index (κ3) is 2.88. The monoisotopic (exact) mass is 311 g/mol. The van der Waals surface area contributed by atoms with E-state index < -0.39 is 0 Å². The van der Waals surface area contributed by atoms with Crippen LogP contribution < -0.4 is 5.32 Å². The third-order valence-corrected chi connectivity index (χ3v) is 3.17. The zero-order valence-corrected chi connectivity index (χ0v) is 11.3. The van der Waals surface area contributed by atoms with E-state index in [0.717, 1.165) is 4.47 Å². The molecule has 0 fully saturated rings. The number of nitrogens with one attached hydrogen (secondary N) is 1. The maximum Gasteiger partial charge on any atom is 0.146 e. The van der Waals surface area contributed by atoms with Crippen LogP contribution in [-0.2, 0) is 0 Å². The van der Waals surface area contributed by atoms with Gasteiger partial charge in [0.25, 0.3) is 0 Å². The quantitative estimate of drug-likeness (QED) is 0.850. The normalized spacial score (nSPS) is 12.2. The van der Waals surface area contributed by atoms with Crippen LogP contribution >= 0.6 is 15.9 Å². The number of hydrogen-bond donors (Lipinski definition) is 1. The fourth-order valence-electron chi connectivity index (χ4n) is 1.75. The predicted octanol–water partition coefficient (Wildman–Crippen LogP) is 4.90. The average molecular weight is 312 g/mol. The highest BCUT2D eigenvalue weighted by Crippen LogP contribution is 2.25. The zero-order valence-electron chi connectivity index (χ0n) is 9.75. The lowest BCUT2D eigenvalue weighted by molar-refractivity contribution is 0.596. The van der Waals surface area contributed by atoms with Crippen molar-refractivity contribution in [1.29, 1.82) is 0 Å². The first-order chi connectivity index (χ1) is 8.58. The van der Waals surface area contributed by atoms with Gasteiger partial charge < -0.3 is 5.32 Å². The van der Waals surface area contributed by atoms with Crippen molar-refractivity contribution in [3.8, 4) is 0 Å². The van der Waals surface area contributed by atoms with Gasteiger partial charge in [-0.3, -0.25) is 0 Å². The van der Waals surface area contributed by atoms with Crippen molar-refractivity contribution < 1.29 is 8.78 Å². The SMILES string of the molecule is CC(Nc1cc(Br)ccc1F)c1ccccc1F. The van der Waals surface area contributed by atoms with Crippen molar-refractivity contribution >= 4 is 21.6 Å². The van der Waals surface area contributed by atoms with Crippen LogP contribution in [0.4, 0.5) is 14.5 Å². The highest BCUT2D eigenvalue weighted by atomic mass is 79.9. The Hall–Kier alpha value is -1.42. The molecule has 4 heteroatoms. The van der Waals surface area contributed by atoms with Crippen LogP contribution in [0.15, 0.2) is 46.9 Å². The number of hydrogen-bond acceptors (Lipinski definition) is 1. The molecule has 0 saturated heterocycles. The van der Waals surface area contributed by atoms with Crippen molar-refractivity contribution in [2.45, 2.75) is 13.0 Å². The molecular weight excluding hydrogens is 300 g/mol. The second kappa shape index (κ2) is 5.48. The van der Waals surface area contributed by atoms with E-state index in [0.29, 0.717) is 11.3 Å². The molecule has 0 spiro atoms. The van der Waals surface area contributed by atoms with E-state index in [4.69, 9.17) is 0 Å². The summed E-state index contributed by atoms with van der Waals surface area (Å²) in [5.41, 5.74) is 0.858. The molecule has 0 bridgehead atoms. The molecule has 0 amide bonds. The Labute approximate surface area is 113 Å². The van der Waals surface area contributed by atoms with E-state index in [9.17, 15) is 8.78 Å². The van der Waals surface area contributed by atoms with Crippen LogP contribution in [0.1, 0.15) is 18.5 Å². The summed E-state index contributed by atoms with van der Waals surface area (Å²) in [6.07, 6.45) is 0. The van der Waals surface area contributed by atoms with E-state index in [1.54, 1.807) is 37.3 Å². The lowest BCUT2D eigenvalue weighted by atomic mass is 10.1. The smallest absolute Gasteiger partial charge is 0.146 e. The molecule has 0 aliphatic rings. The predicted molar refractivity (Wildman–Crippen MR) is 72.5 cm³/mol. The molecule has 2 rings (SSSR count). The molecule has 2 aromatic rings. The summed E-state index contributed by atoms with van der Waals surface area (Å²) in [5.74, 6) is -0.658. The van der Waals surface area contributed by atoms with Crippen LogP contribution in [0.5, 0.6) is 0 Å². The molecular formula is C14H12BrF2N. The molecule has 94 valence electrons. The summed E-state index contributed by atoms with van der Waals surface area (Å²) >= 11 is 3.28. The van der Waals surface area contributed by atoms with Crippen LogP contribution in [0.2, 0.25) is 0 Å². The molecule has 2 aromatic carbocycles. The number of rotatable bonds is 3.